The molecular weight excluding hydrogens is 602 g/mol. The molecule has 0 spiro atoms. The van der Waals surface area contributed by atoms with Gasteiger partial charge in [-0.3, -0.25) is 13.9 Å². The van der Waals surface area contributed by atoms with Gasteiger partial charge >= 0.3 is 0 Å². The highest BCUT2D eigenvalue weighted by atomic mass is 79.9. The van der Waals surface area contributed by atoms with E-state index in [2.05, 4.69) is 21.2 Å². The van der Waals surface area contributed by atoms with Crippen molar-refractivity contribution >= 4 is 55.1 Å². The molecule has 0 saturated heterocycles. The van der Waals surface area contributed by atoms with Crippen molar-refractivity contribution in [2.24, 2.45) is 0 Å². The number of anilines is 1. The standard InChI is InChI=1S/C29H31BrClN3O4S/c1-21(29(36)32-25-10-5-6-11-25)33(19-22-8-7-9-24(31)18-22)28(35)20-34(26-16-14-23(30)15-17-26)39(37,38)27-12-3-2-4-13-27/h2-4,7-9,12-18,21,25H,5-6,10-11,19-20H2,1H3,(H,32,36). The summed E-state index contributed by atoms with van der Waals surface area (Å²) in [6, 6.07) is 21.0. The second-order valence-electron chi connectivity index (χ2n) is 9.62. The molecule has 1 fully saturated rings. The SMILES string of the molecule is CC(C(=O)NC1CCCC1)N(Cc1cccc(Cl)c1)C(=O)CN(c1ccc(Br)cc1)S(=O)(=O)c1ccccc1. The predicted molar refractivity (Wildman–Crippen MR) is 157 cm³/mol. The first-order valence-corrected chi connectivity index (χ1v) is 15.4. The third-order valence-electron chi connectivity index (χ3n) is 6.84. The Hall–Kier alpha value is -2.88. The van der Waals surface area contributed by atoms with Gasteiger partial charge in [0.1, 0.15) is 12.6 Å². The number of hydrogen-bond donors (Lipinski definition) is 1. The molecule has 2 amide bonds. The number of benzene rings is 3. The Balaban J connectivity index is 1.67. The van der Waals surface area contributed by atoms with Gasteiger partial charge in [0, 0.05) is 22.1 Å². The highest BCUT2D eigenvalue weighted by Crippen LogP contribution is 2.26. The van der Waals surface area contributed by atoms with Crippen molar-refractivity contribution in [2.75, 3.05) is 10.8 Å². The lowest BCUT2D eigenvalue weighted by Crippen LogP contribution is -2.52. The first kappa shape index (κ1) is 29.1. The molecular formula is C29H31BrClN3O4S. The molecule has 1 atom stereocenters. The number of halogens is 2. The van der Waals surface area contributed by atoms with Crippen molar-refractivity contribution in [3.63, 3.8) is 0 Å². The quantitative estimate of drug-likeness (QED) is 0.307. The molecule has 39 heavy (non-hydrogen) atoms. The number of nitrogens with zero attached hydrogens (tertiary/aromatic N) is 2. The zero-order valence-electron chi connectivity index (χ0n) is 21.6. The predicted octanol–water partition coefficient (Wildman–Crippen LogP) is 5.77. The zero-order valence-corrected chi connectivity index (χ0v) is 24.8. The molecule has 7 nitrogen and oxygen atoms in total. The lowest BCUT2D eigenvalue weighted by Gasteiger charge is -2.32. The fourth-order valence-electron chi connectivity index (χ4n) is 4.66. The maximum Gasteiger partial charge on any atom is 0.264 e. The van der Waals surface area contributed by atoms with E-state index in [9.17, 15) is 18.0 Å². The molecule has 1 unspecified atom stereocenters. The van der Waals surface area contributed by atoms with E-state index in [1.54, 1.807) is 67.6 Å². The van der Waals surface area contributed by atoms with Gasteiger partial charge in [0.25, 0.3) is 10.0 Å². The van der Waals surface area contributed by atoms with Gasteiger partial charge in [-0.2, -0.15) is 0 Å². The average molecular weight is 633 g/mol. The Labute approximate surface area is 243 Å². The van der Waals surface area contributed by atoms with Crippen LogP contribution in [0.5, 0.6) is 0 Å². The number of carbonyl (C=O) groups excluding carboxylic acids is 2. The van der Waals surface area contributed by atoms with Gasteiger partial charge in [0.05, 0.1) is 10.6 Å². The number of hydrogen-bond acceptors (Lipinski definition) is 4. The minimum atomic E-state index is -4.09. The molecule has 0 bridgehead atoms. The van der Waals surface area contributed by atoms with Crippen LogP contribution in [0.1, 0.15) is 38.2 Å². The van der Waals surface area contributed by atoms with Crippen molar-refractivity contribution in [3.8, 4) is 0 Å². The van der Waals surface area contributed by atoms with Crippen LogP contribution in [0.3, 0.4) is 0 Å². The van der Waals surface area contributed by atoms with Crippen LogP contribution >= 0.6 is 27.5 Å². The third kappa shape index (κ3) is 7.41. The van der Waals surface area contributed by atoms with E-state index >= 15 is 0 Å². The Morgan fingerprint density at radius 2 is 1.67 bits per heavy atom. The van der Waals surface area contributed by atoms with Crippen LogP contribution in [0.15, 0.2) is 88.2 Å². The normalized spacial score (nSPS) is 14.5. The van der Waals surface area contributed by atoms with Crippen molar-refractivity contribution in [3.05, 3.63) is 93.9 Å². The average Bonchev–Trinajstić information content (AvgIpc) is 3.44. The van der Waals surface area contributed by atoms with Crippen molar-refractivity contribution in [1.82, 2.24) is 10.2 Å². The van der Waals surface area contributed by atoms with E-state index < -0.39 is 28.5 Å². The molecule has 1 aliphatic rings. The topological polar surface area (TPSA) is 86.8 Å². The molecule has 206 valence electrons. The summed E-state index contributed by atoms with van der Waals surface area (Å²) in [4.78, 5) is 28.7. The number of carbonyl (C=O) groups is 2. The molecule has 10 heteroatoms. The smallest absolute Gasteiger partial charge is 0.264 e. The molecule has 0 aliphatic heterocycles. The van der Waals surface area contributed by atoms with Gasteiger partial charge < -0.3 is 10.2 Å². The van der Waals surface area contributed by atoms with Crippen LogP contribution in [0.2, 0.25) is 5.02 Å². The summed E-state index contributed by atoms with van der Waals surface area (Å²) < 4.78 is 29.4. The van der Waals surface area contributed by atoms with Crippen LogP contribution in [-0.4, -0.2) is 43.8 Å². The van der Waals surface area contributed by atoms with Gasteiger partial charge in [0.15, 0.2) is 0 Å². The molecule has 1 saturated carbocycles. The van der Waals surface area contributed by atoms with Crippen molar-refractivity contribution in [2.45, 2.75) is 56.1 Å². The summed E-state index contributed by atoms with van der Waals surface area (Å²) in [5, 5.41) is 3.57. The Morgan fingerprint density at radius 3 is 2.31 bits per heavy atom. The van der Waals surface area contributed by atoms with Crippen LogP contribution in [-0.2, 0) is 26.2 Å². The van der Waals surface area contributed by atoms with E-state index in [0.717, 1.165) is 40.0 Å². The molecule has 0 radical (unpaired) electrons. The van der Waals surface area contributed by atoms with Gasteiger partial charge in [-0.15, -0.1) is 0 Å². The second kappa shape index (κ2) is 13.0. The van der Waals surface area contributed by atoms with Gasteiger partial charge in [-0.05, 0) is 73.9 Å². The van der Waals surface area contributed by atoms with Crippen LogP contribution in [0.25, 0.3) is 0 Å². The number of nitrogens with one attached hydrogen (secondary N) is 1. The molecule has 0 heterocycles. The lowest BCUT2D eigenvalue weighted by atomic mass is 10.1. The monoisotopic (exact) mass is 631 g/mol. The maximum absolute atomic E-state index is 13.9. The van der Waals surface area contributed by atoms with Crippen LogP contribution < -0.4 is 9.62 Å². The fraction of sp³-hybridized carbons (Fsp3) is 0.310. The number of amides is 2. The number of rotatable bonds is 10. The van der Waals surface area contributed by atoms with Crippen molar-refractivity contribution in [1.29, 1.82) is 0 Å². The Kier molecular flexibility index (Phi) is 9.69. The van der Waals surface area contributed by atoms with Gasteiger partial charge in [-0.1, -0.05) is 70.7 Å². The van der Waals surface area contributed by atoms with E-state index in [1.165, 1.54) is 17.0 Å². The van der Waals surface area contributed by atoms with E-state index in [1.807, 2.05) is 6.07 Å². The Morgan fingerprint density at radius 1 is 1.00 bits per heavy atom. The Bertz CT molecular complexity index is 1400. The summed E-state index contributed by atoms with van der Waals surface area (Å²) >= 11 is 9.57. The second-order valence-corrected chi connectivity index (χ2v) is 12.8. The molecule has 1 N–H and O–H groups in total. The van der Waals surface area contributed by atoms with Gasteiger partial charge in [-0.25, -0.2) is 8.42 Å². The van der Waals surface area contributed by atoms with E-state index in [4.69, 9.17) is 11.6 Å². The molecule has 3 aromatic carbocycles. The summed E-state index contributed by atoms with van der Waals surface area (Å²) in [7, 11) is -4.09. The van der Waals surface area contributed by atoms with Crippen LogP contribution in [0, 0.1) is 0 Å². The highest BCUT2D eigenvalue weighted by molar-refractivity contribution is 9.10. The first-order valence-electron chi connectivity index (χ1n) is 12.8. The third-order valence-corrected chi connectivity index (χ3v) is 9.39. The molecule has 0 aromatic heterocycles. The molecule has 4 rings (SSSR count). The zero-order chi connectivity index (χ0) is 28.0. The fourth-order valence-corrected chi connectivity index (χ4v) is 6.57. The van der Waals surface area contributed by atoms with Crippen LogP contribution in [0.4, 0.5) is 5.69 Å². The minimum Gasteiger partial charge on any atom is -0.352 e. The summed E-state index contributed by atoms with van der Waals surface area (Å²) in [5.41, 5.74) is 1.07. The van der Waals surface area contributed by atoms with E-state index in [-0.39, 0.29) is 23.4 Å². The van der Waals surface area contributed by atoms with Crippen molar-refractivity contribution < 1.29 is 18.0 Å². The molecule has 1 aliphatic carbocycles. The maximum atomic E-state index is 13.9. The summed E-state index contributed by atoms with van der Waals surface area (Å²) in [6.45, 7) is 1.28. The highest BCUT2D eigenvalue weighted by Gasteiger charge is 2.33. The first-order chi connectivity index (χ1) is 18.6. The number of sulfonamides is 1. The minimum absolute atomic E-state index is 0.0640. The van der Waals surface area contributed by atoms with E-state index in [0.29, 0.717) is 10.7 Å². The lowest BCUT2D eigenvalue weighted by molar-refractivity contribution is -0.139. The summed E-state index contributed by atoms with van der Waals surface area (Å²) in [5.74, 6) is -0.773. The molecule has 3 aromatic rings. The summed E-state index contributed by atoms with van der Waals surface area (Å²) in [6.07, 6.45) is 3.94. The van der Waals surface area contributed by atoms with Gasteiger partial charge in [0.2, 0.25) is 11.8 Å². The largest absolute Gasteiger partial charge is 0.352 e.